The van der Waals surface area contributed by atoms with E-state index in [1.807, 2.05) is 0 Å². The second kappa shape index (κ2) is 4.53. The van der Waals surface area contributed by atoms with E-state index >= 15 is 0 Å². The Hall–Kier alpha value is -1.22. The van der Waals surface area contributed by atoms with E-state index in [0.717, 1.165) is 0 Å². The normalized spacial score (nSPS) is 12.5. The van der Waals surface area contributed by atoms with Crippen molar-refractivity contribution in [3.8, 4) is 5.75 Å². The van der Waals surface area contributed by atoms with E-state index < -0.39 is 11.9 Å². The number of phenols is 1. The molecule has 0 aliphatic heterocycles. The number of rotatable bonds is 3. The summed E-state index contributed by atoms with van der Waals surface area (Å²) in [6, 6.07) is 3.37. The number of hydrogen-bond donors (Lipinski definition) is 2. The van der Waals surface area contributed by atoms with Crippen molar-refractivity contribution in [2.45, 2.75) is 20.3 Å². The number of hydrogen-bond acceptors (Lipinski definition) is 2. The molecular weight excluding hydrogens is 216 g/mol. The molecule has 82 valence electrons. The summed E-state index contributed by atoms with van der Waals surface area (Å²) in [5.74, 6) is -1.36. The highest BCUT2D eigenvalue weighted by atomic mass is 35.5. The van der Waals surface area contributed by atoms with E-state index in [2.05, 4.69) is 0 Å². The SMILES string of the molecule is Cc1ccc(Cl)c(CC(C)C(=O)O)c1O. The van der Waals surface area contributed by atoms with Gasteiger partial charge in [0.15, 0.2) is 0 Å². The van der Waals surface area contributed by atoms with Crippen LogP contribution in [0.5, 0.6) is 5.75 Å². The van der Waals surface area contributed by atoms with Gasteiger partial charge in [0.1, 0.15) is 5.75 Å². The smallest absolute Gasteiger partial charge is 0.306 e. The Labute approximate surface area is 93.3 Å². The molecule has 0 spiro atoms. The minimum atomic E-state index is -0.896. The summed E-state index contributed by atoms with van der Waals surface area (Å²) < 4.78 is 0. The fraction of sp³-hybridized carbons (Fsp3) is 0.364. The Morgan fingerprint density at radius 3 is 2.67 bits per heavy atom. The van der Waals surface area contributed by atoms with Crippen molar-refractivity contribution < 1.29 is 15.0 Å². The van der Waals surface area contributed by atoms with Gasteiger partial charge in [-0.1, -0.05) is 24.6 Å². The molecule has 0 saturated carbocycles. The van der Waals surface area contributed by atoms with Gasteiger partial charge in [0, 0.05) is 10.6 Å². The molecule has 1 aromatic carbocycles. The number of carbonyl (C=O) groups is 1. The molecule has 1 atom stereocenters. The predicted molar refractivity (Wildman–Crippen MR) is 58.4 cm³/mol. The average Bonchev–Trinajstić information content (AvgIpc) is 2.18. The van der Waals surface area contributed by atoms with Gasteiger partial charge in [0.25, 0.3) is 0 Å². The molecule has 0 aliphatic carbocycles. The number of carboxylic acid groups (broad SMARTS) is 1. The van der Waals surface area contributed by atoms with Crippen LogP contribution in [0.3, 0.4) is 0 Å². The molecule has 0 aromatic heterocycles. The summed E-state index contributed by atoms with van der Waals surface area (Å²) >= 11 is 5.90. The van der Waals surface area contributed by atoms with Crippen LogP contribution in [0.4, 0.5) is 0 Å². The van der Waals surface area contributed by atoms with Crippen molar-refractivity contribution in [1.29, 1.82) is 0 Å². The van der Waals surface area contributed by atoms with Crippen LogP contribution >= 0.6 is 11.6 Å². The van der Waals surface area contributed by atoms with E-state index in [-0.39, 0.29) is 12.2 Å². The standard InChI is InChI=1S/C11H13ClO3/c1-6-3-4-9(12)8(10(6)13)5-7(2)11(14)15/h3-4,7,13H,5H2,1-2H3,(H,14,15). The average molecular weight is 229 g/mol. The molecule has 0 saturated heterocycles. The maximum absolute atomic E-state index is 10.7. The minimum Gasteiger partial charge on any atom is -0.507 e. The molecule has 0 amide bonds. The van der Waals surface area contributed by atoms with Crippen molar-refractivity contribution in [2.75, 3.05) is 0 Å². The molecule has 4 heteroatoms. The zero-order chi connectivity index (χ0) is 11.6. The second-order valence-corrected chi connectivity index (χ2v) is 4.04. The summed E-state index contributed by atoms with van der Waals surface area (Å²) in [4.78, 5) is 10.7. The van der Waals surface area contributed by atoms with Crippen molar-refractivity contribution in [1.82, 2.24) is 0 Å². The third kappa shape index (κ3) is 2.63. The monoisotopic (exact) mass is 228 g/mol. The number of aromatic hydroxyl groups is 1. The summed E-state index contributed by atoms with van der Waals surface area (Å²) in [6.07, 6.45) is 0.238. The minimum absolute atomic E-state index is 0.0931. The Balaban J connectivity index is 3.03. The lowest BCUT2D eigenvalue weighted by molar-refractivity contribution is -0.141. The molecule has 15 heavy (non-hydrogen) atoms. The molecule has 1 unspecified atom stereocenters. The van der Waals surface area contributed by atoms with Crippen LogP contribution in [0.25, 0.3) is 0 Å². The van der Waals surface area contributed by atoms with E-state index in [4.69, 9.17) is 16.7 Å². The highest BCUT2D eigenvalue weighted by Gasteiger charge is 2.17. The van der Waals surface area contributed by atoms with Crippen molar-refractivity contribution in [3.05, 3.63) is 28.3 Å². The predicted octanol–water partition coefficient (Wildman–Crippen LogP) is 2.62. The summed E-state index contributed by atoms with van der Waals surface area (Å²) in [7, 11) is 0. The van der Waals surface area contributed by atoms with Crippen molar-refractivity contribution >= 4 is 17.6 Å². The zero-order valence-corrected chi connectivity index (χ0v) is 9.38. The molecule has 0 fully saturated rings. The number of benzene rings is 1. The first kappa shape index (κ1) is 11.9. The summed E-state index contributed by atoms with van der Waals surface area (Å²) in [6.45, 7) is 3.33. The van der Waals surface area contributed by atoms with Gasteiger partial charge in [0.05, 0.1) is 5.92 Å². The van der Waals surface area contributed by atoms with Crippen LogP contribution in [0, 0.1) is 12.8 Å². The molecule has 2 N–H and O–H groups in total. The summed E-state index contributed by atoms with van der Waals surface area (Å²) in [5.41, 5.74) is 1.21. The fourth-order valence-electron chi connectivity index (χ4n) is 1.32. The van der Waals surface area contributed by atoms with Gasteiger partial charge in [-0.25, -0.2) is 0 Å². The van der Waals surface area contributed by atoms with Gasteiger partial charge in [0.2, 0.25) is 0 Å². The topological polar surface area (TPSA) is 57.5 Å². The maximum atomic E-state index is 10.7. The van der Waals surface area contributed by atoms with E-state index in [1.54, 1.807) is 26.0 Å². The number of aliphatic carboxylic acids is 1. The second-order valence-electron chi connectivity index (χ2n) is 3.63. The number of phenolic OH excluding ortho intramolecular Hbond substituents is 1. The maximum Gasteiger partial charge on any atom is 0.306 e. The van der Waals surface area contributed by atoms with Gasteiger partial charge in [-0.05, 0) is 25.0 Å². The van der Waals surface area contributed by atoms with Gasteiger partial charge < -0.3 is 10.2 Å². The van der Waals surface area contributed by atoms with Crippen LogP contribution in [0.1, 0.15) is 18.1 Å². The van der Waals surface area contributed by atoms with E-state index in [0.29, 0.717) is 16.1 Å². The van der Waals surface area contributed by atoms with Crippen molar-refractivity contribution in [2.24, 2.45) is 5.92 Å². The van der Waals surface area contributed by atoms with Crippen LogP contribution in [-0.2, 0) is 11.2 Å². The zero-order valence-electron chi connectivity index (χ0n) is 8.62. The molecule has 0 aliphatic rings. The molecule has 3 nitrogen and oxygen atoms in total. The Morgan fingerprint density at radius 1 is 1.53 bits per heavy atom. The van der Waals surface area contributed by atoms with Crippen molar-refractivity contribution in [3.63, 3.8) is 0 Å². The van der Waals surface area contributed by atoms with Gasteiger partial charge >= 0.3 is 5.97 Å². The molecule has 1 aromatic rings. The lowest BCUT2D eigenvalue weighted by Crippen LogP contribution is -2.12. The van der Waals surface area contributed by atoms with E-state index in [1.165, 1.54) is 0 Å². The lowest BCUT2D eigenvalue weighted by atomic mass is 9.98. The molecule has 0 bridgehead atoms. The van der Waals surface area contributed by atoms with Gasteiger partial charge in [-0.2, -0.15) is 0 Å². The fourth-order valence-corrected chi connectivity index (χ4v) is 1.55. The van der Waals surface area contributed by atoms with E-state index in [9.17, 15) is 9.90 Å². The first-order chi connectivity index (χ1) is 6.93. The lowest BCUT2D eigenvalue weighted by Gasteiger charge is -2.11. The van der Waals surface area contributed by atoms with Crippen LogP contribution < -0.4 is 0 Å². The van der Waals surface area contributed by atoms with Gasteiger partial charge in [-0.15, -0.1) is 0 Å². The largest absolute Gasteiger partial charge is 0.507 e. The Morgan fingerprint density at radius 2 is 2.13 bits per heavy atom. The summed E-state index contributed by atoms with van der Waals surface area (Å²) in [5, 5.41) is 18.9. The number of halogens is 1. The van der Waals surface area contributed by atoms with Crippen LogP contribution in [0.2, 0.25) is 5.02 Å². The molecule has 0 radical (unpaired) electrons. The third-order valence-corrected chi connectivity index (χ3v) is 2.71. The number of aryl methyl sites for hydroxylation is 1. The van der Waals surface area contributed by atoms with Crippen LogP contribution in [0.15, 0.2) is 12.1 Å². The molecular formula is C11H13ClO3. The highest BCUT2D eigenvalue weighted by Crippen LogP contribution is 2.31. The number of carboxylic acids is 1. The Kier molecular flexibility index (Phi) is 3.58. The molecule has 0 heterocycles. The highest BCUT2D eigenvalue weighted by molar-refractivity contribution is 6.31. The third-order valence-electron chi connectivity index (χ3n) is 2.36. The van der Waals surface area contributed by atoms with Gasteiger partial charge in [-0.3, -0.25) is 4.79 Å². The quantitative estimate of drug-likeness (QED) is 0.836. The first-order valence-corrected chi connectivity index (χ1v) is 5.01. The first-order valence-electron chi connectivity index (χ1n) is 4.63. The molecule has 1 rings (SSSR count). The van der Waals surface area contributed by atoms with Crippen LogP contribution in [-0.4, -0.2) is 16.2 Å². The Bertz CT molecular complexity index is 388.